The minimum absolute atomic E-state index is 0.655. The molecule has 0 saturated heterocycles. The van der Waals surface area contributed by atoms with E-state index in [1.165, 1.54) is 10.4 Å². The highest BCUT2D eigenvalue weighted by atomic mass is 32.1. The molecule has 1 N–H and O–H groups in total. The second-order valence-corrected chi connectivity index (χ2v) is 6.34. The SMILES string of the molecule is Cc1ncsc1CCC1(C(=O)O)CCc2ccccc21. The summed E-state index contributed by atoms with van der Waals surface area (Å²) in [6.07, 6.45) is 3.02. The first-order valence-electron chi connectivity index (χ1n) is 6.84. The van der Waals surface area contributed by atoms with E-state index in [4.69, 9.17) is 0 Å². The normalized spacial score (nSPS) is 20.9. The number of rotatable bonds is 4. The molecular weight excluding hydrogens is 270 g/mol. The average Bonchev–Trinajstić information content (AvgIpc) is 3.01. The second-order valence-electron chi connectivity index (χ2n) is 5.41. The van der Waals surface area contributed by atoms with Crippen LogP contribution in [0.4, 0.5) is 0 Å². The van der Waals surface area contributed by atoms with Gasteiger partial charge in [-0.05, 0) is 43.7 Å². The molecule has 1 unspecified atom stereocenters. The Labute approximate surface area is 122 Å². The van der Waals surface area contributed by atoms with E-state index >= 15 is 0 Å². The first-order valence-corrected chi connectivity index (χ1v) is 7.72. The van der Waals surface area contributed by atoms with Crippen molar-refractivity contribution in [3.05, 3.63) is 51.5 Å². The van der Waals surface area contributed by atoms with Gasteiger partial charge in [0.25, 0.3) is 0 Å². The molecule has 0 radical (unpaired) electrons. The summed E-state index contributed by atoms with van der Waals surface area (Å²) in [5, 5.41) is 9.80. The van der Waals surface area contributed by atoms with Crippen molar-refractivity contribution in [2.45, 2.75) is 38.0 Å². The predicted octanol–water partition coefficient (Wildman–Crippen LogP) is 3.35. The molecule has 104 valence electrons. The van der Waals surface area contributed by atoms with Crippen molar-refractivity contribution in [3.63, 3.8) is 0 Å². The molecule has 1 aromatic carbocycles. The van der Waals surface area contributed by atoms with Crippen LogP contribution in [0.1, 0.15) is 34.5 Å². The highest BCUT2D eigenvalue weighted by Crippen LogP contribution is 2.42. The van der Waals surface area contributed by atoms with Gasteiger partial charge < -0.3 is 5.11 Å². The first kappa shape index (κ1) is 13.3. The molecule has 3 nitrogen and oxygen atoms in total. The van der Waals surface area contributed by atoms with E-state index in [1.54, 1.807) is 11.3 Å². The monoisotopic (exact) mass is 287 g/mol. The van der Waals surface area contributed by atoms with Gasteiger partial charge in [0, 0.05) is 4.88 Å². The summed E-state index contributed by atoms with van der Waals surface area (Å²) in [6, 6.07) is 7.97. The van der Waals surface area contributed by atoms with Crippen LogP contribution in [-0.2, 0) is 23.1 Å². The van der Waals surface area contributed by atoms with E-state index in [9.17, 15) is 9.90 Å². The Balaban J connectivity index is 1.91. The van der Waals surface area contributed by atoms with Crippen LogP contribution in [0.2, 0.25) is 0 Å². The zero-order chi connectivity index (χ0) is 14.2. The van der Waals surface area contributed by atoms with E-state index in [0.717, 1.165) is 24.1 Å². The van der Waals surface area contributed by atoms with Crippen molar-refractivity contribution in [1.29, 1.82) is 0 Å². The number of carboxylic acid groups (broad SMARTS) is 1. The number of aliphatic carboxylic acids is 1. The fourth-order valence-corrected chi connectivity index (χ4v) is 3.95. The average molecular weight is 287 g/mol. The van der Waals surface area contributed by atoms with Gasteiger partial charge in [-0.3, -0.25) is 4.79 Å². The summed E-state index contributed by atoms with van der Waals surface area (Å²) in [4.78, 5) is 17.4. The lowest BCUT2D eigenvalue weighted by Crippen LogP contribution is -2.34. The Morgan fingerprint density at radius 1 is 1.45 bits per heavy atom. The minimum Gasteiger partial charge on any atom is -0.481 e. The van der Waals surface area contributed by atoms with E-state index in [-0.39, 0.29) is 0 Å². The Hall–Kier alpha value is -1.68. The van der Waals surface area contributed by atoms with Crippen LogP contribution in [0.3, 0.4) is 0 Å². The van der Waals surface area contributed by atoms with Crippen LogP contribution >= 0.6 is 11.3 Å². The Bertz CT molecular complexity index is 649. The Morgan fingerprint density at radius 3 is 2.95 bits per heavy atom. The molecular formula is C16H17NO2S. The molecule has 0 fully saturated rings. The van der Waals surface area contributed by atoms with Crippen molar-refractivity contribution in [2.24, 2.45) is 0 Å². The molecule has 0 bridgehead atoms. The van der Waals surface area contributed by atoms with Gasteiger partial charge in [-0.1, -0.05) is 24.3 Å². The summed E-state index contributed by atoms with van der Waals surface area (Å²) >= 11 is 1.62. The number of thiazole rings is 1. The molecule has 2 aromatic rings. The Morgan fingerprint density at radius 2 is 2.25 bits per heavy atom. The van der Waals surface area contributed by atoms with Crippen LogP contribution in [0, 0.1) is 6.92 Å². The summed E-state index contributed by atoms with van der Waals surface area (Å²) in [5.41, 5.74) is 4.35. The zero-order valence-electron chi connectivity index (χ0n) is 11.4. The number of aromatic nitrogens is 1. The molecule has 3 rings (SSSR count). The summed E-state index contributed by atoms with van der Waals surface area (Å²) < 4.78 is 0. The van der Waals surface area contributed by atoms with E-state index in [1.807, 2.05) is 30.6 Å². The lowest BCUT2D eigenvalue weighted by Gasteiger charge is -2.25. The third-order valence-electron chi connectivity index (χ3n) is 4.39. The second kappa shape index (κ2) is 5.02. The fraction of sp³-hybridized carbons (Fsp3) is 0.375. The third kappa shape index (κ3) is 2.04. The van der Waals surface area contributed by atoms with Crippen LogP contribution in [0.5, 0.6) is 0 Å². The lowest BCUT2D eigenvalue weighted by atomic mass is 9.77. The molecule has 1 aliphatic rings. The molecule has 1 aliphatic carbocycles. The quantitative estimate of drug-likeness (QED) is 0.938. The minimum atomic E-state index is -0.715. The van der Waals surface area contributed by atoms with Crippen molar-refractivity contribution >= 4 is 17.3 Å². The number of nitrogens with zero attached hydrogens (tertiary/aromatic N) is 1. The number of carbonyl (C=O) groups is 1. The standard InChI is InChI=1S/C16H17NO2S/c1-11-14(20-10-17-11)7-9-16(15(18)19)8-6-12-4-2-3-5-13(12)16/h2-5,10H,6-9H2,1H3,(H,18,19). The molecule has 0 aliphatic heterocycles. The highest BCUT2D eigenvalue weighted by Gasteiger charge is 2.44. The highest BCUT2D eigenvalue weighted by molar-refractivity contribution is 7.09. The predicted molar refractivity (Wildman–Crippen MR) is 79.2 cm³/mol. The van der Waals surface area contributed by atoms with Crippen LogP contribution in [-0.4, -0.2) is 16.1 Å². The number of fused-ring (bicyclic) bond motifs is 1. The maximum absolute atomic E-state index is 11.9. The topological polar surface area (TPSA) is 50.2 Å². The molecule has 20 heavy (non-hydrogen) atoms. The van der Waals surface area contributed by atoms with Crippen LogP contribution < -0.4 is 0 Å². The van der Waals surface area contributed by atoms with Crippen LogP contribution in [0.15, 0.2) is 29.8 Å². The number of hydrogen-bond acceptors (Lipinski definition) is 3. The number of aryl methyl sites for hydroxylation is 3. The zero-order valence-corrected chi connectivity index (χ0v) is 12.2. The summed E-state index contributed by atoms with van der Waals surface area (Å²) in [5.74, 6) is -0.690. The van der Waals surface area contributed by atoms with Gasteiger partial charge in [0.1, 0.15) is 0 Å². The maximum atomic E-state index is 11.9. The number of benzene rings is 1. The third-order valence-corrected chi connectivity index (χ3v) is 5.38. The fourth-order valence-electron chi connectivity index (χ4n) is 3.17. The lowest BCUT2D eigenvalue weighted by molar-refractivity contribution is -0.144. The van der Waals surface area contributed by atoms with Gasteiger partial charge in [-0.25, -0.2) is 4.98 Å². The smallest absolute Gasteiger partial charge is 0.314 e. The molecule has 4 heteroatoms. The van der Waals surface area contributed by atoms with Crippen molar-refractivity contribution in [1.82, 2.24) is 4.98 Å². The number of carboxylic acids is 1. The van der Waals surface area contributed by atoms with Gasteiger partial charge >= 0.3 is 5.97 Å². The van der Waals surface area contributed by atoms with E-state index in [2.05, 4.69) is 11.1 Å². The van der Waals surface area contributed by atoms with Crippen molar-refractivity contribution in [2.75, 3.05) is 0 Å². The van der Waals surface area contributed by atoms with E-state index in [0.29, 0.717) is 12.8 Å². The van der Waals surface area contributed by atoms with Gasteiger partial charge in [0.15, 0.2) is 0 Å². The first-order chi connectivity index (χ1) is 9.63. The molecule has 1 heterocycles. The summed E-state index contributed by atoms with van der Waals surface area (Å²) in [7, 11) is 0. The van der Waals surface area contributed by atoms with Crippen molar-refractivity contribution < 1.29 is 9.90 Å². The molecule has 0 saturated carbocycles. The Kier molecular flexibility index (Phi) is 3.34. The molecule has 1 aromatic heterocycles. The van der Waals surface area contributed by atoms with Gasteiger partial charge in [-0.2, -0.15) is 0 Å². The molecule has 0 amide bonds. The number of hydrogen-bond donors (Lipinski definition) is 1. The maximum Gasteiger partial charge on any atom is 0.314 e. The van der Waals surface area contributed by atoms with Crippen molar-refractivity contribution in [3.8, 4) is 0 Å². The van der Waals surface area contributed by atoms with Crippen LogP contribution in [0.25, 0.3) is 0 Å². The van der Waals surface area contributed by atoms with Gasteiger partial charge in [0.05, 0.1) is 16.6 Å². The molecule has 1 atom stereocenters. The summed E-state index contributed by atoms with van der Waals surface area (Å²) in [6.45, 7) is 1.99. The van der Waals surface area contributed by atoms with E-state index < -0.39 is 11.4 Å². The largest absolute Gasteiger partial charge is 0.481 e. The van der Waals surface area contributed by atoms with Gasteiger partial charge in [-0.15, -0.1) is 11.3 Å². The molecule has 0 spiro atoms. The van der Waals surface area contributed by atoms with Gasteiger partial charge in [0.2, 0.25) is 0 Å².